The Morgan fingerprint density at radius 2 is 0.700 bits per heavy atom. The standard InChI is InChI=1S/C64H73S2.3CH3.Sn/c1-5-9-13-17-21-47-25-33-51(34-26-47)63(52-35-27-48(28-36-52)22-18-14-10-6-2)57-41-43-65-61(57)55-46-60-56(45-59(55)63)62-58(42-44-66-62)64(60,53-37-29-49(30-38-53)23-19-15-11-7-3)54-39-31-50(32-40-54)24-20-16-12-8-4;;;;/h25-43,45-46H,5-24H2,1-4H3;3*1H3;. The van der Waals surface area contributed by atoms with Gasteiger partial charge in [0.25, 0.3) is 0 Å². The molecule has 0 fully saturated rings. The number of unbranched alkanes of at least 4 members (excludes halogenated alkanes) is 12. The molecule has 70 heavy (non-hydrogen) atoms. The van der Waals surface area contributed by atoms with Crippen molar-refractivity contribution in [3.05, 3.63) is 193 Å². The fourth-order valence-electron chi connectivity index (χ4n) is 12.2. The Morgan fingerprint density at radius 1 is 0.357 bits per heavy atom. The van der Waals surface area contributed by atoms with E-state index >= 15 is 0 Å². The summed E-state index contributed by atoms with van der Waals surface area (Å²) in [4.78, 5) is 10.8. The molecule has 0 nitrogen and oxygen atoms in total. The molecule has 0 bridgehead atoms. The first-order valence-corrected chi connectivity index (χ1v) is 39.7. The van der Waals surface area contributed by atoms with Gasteiger partial charge >= 0.3 is 348 Å². The van der Waals surface area contributed by atoms with Gasteiger partial charge in [-0.05, 0) is 12.8 Å². The van der Waals surface area contributed by atoms with Crippen molar-refractivity contribution >= 4 is 43.9 Å². The van der Waals surface area contributed by atoms with Crippen LogP contribution in [0.25, 0.3) is 20.9 Å². The van der Waals surface area contributed by atoms with Gasteiger partial charge in [-0.2, -0.15) is 0 Å². The molecule has 0 saturated heterocycles. The van der Waals surface area contributed by atoms with E-state index in [0.29, 0.717) is 0 Å². The predicted octanol–water partition coefficient (Wildman–Crippen LogP) is 19.6. The van der Waals surface area contributed by atoms with Crippen LogP contribution in [-0.2, 0) is 36.5 Å². The van der Waals surface area contributed by atoms with Crippen LogP contribution in [0, 0.1) is 0 Å². The van der Waals surface area contributed by atoms with E-state index in [0.717, 1.165) is 25.7 Å². The molecular weight excluding hydrogens is 988 g/mol. The molecule has 2 aliphatic rings. The molecule has 0 atom stereocenters. The molecule has 9 rings (SSSR count). The SMILES string of the molecule is CCCCCCc1ccc(C2(c3ccc(CCCCCC)cc3)c3cc4c(cc3-c3sccc32)C(c2ccc(CCCCCC)cc2)(c2ccc(CCCCCC)cc2)c2c[c]([Sn]([CH3])([CH3])[CH3])sc2-4)cc1. The van der Waals surface area contributed by atoms with E-state index in [1.54, 1.807) is 2.89 Å². The van der Waals surface area contributed by atoms with Gasteiger partial charge in [0.2, 0.25) is 0 Å². The Bertz CT molecular complexity index is 2660. The van der Waals surface area contributed by atoms with E-state index in [1.165, 1.54) is 190 Å². The first-order valence-electron chi connectivity index (χ1n) is 28.0. The van der Waals surface area contributed by atoms with E-state index < -0.39 is 29.2 Å². The number of benzene rings is 5. The van der Waals surface area contributed by atoms with Gasteiger partial charge in [0, 0.05) is 0 Å². The number of fused-ring (bicyclic) bond motifs is 6. The minimum atomic E-state index is -2.56. The van der Waals surface area contributed by atoms with Crippen molar-refractivity contribution in [2.75, 3.05) is 0 Å². The number of rotatable bonds is 25. The first kappa shape index (κ1) is 51.2. The molecule has 0 aliphatic heterocycles. The van der Waals surface area contributed by atoms with Crippen LogP contribution in [-0.4, -0.2) is 18.4 Å². The van der Waals surface area contributed by atoms with Crippen molar-refractivity contribution in [2.24, 2.45) is 0 Å². The Kier molecular flexibility index (Phi) is 16.8. The summed E-state index contributed by atoms with van der Waals surface area (Å²) in [5, 5.41) is 2.38. The molecule has 0 radical (unpaired) electrons. The van der Waals surface area contributed by atoms with Crippen LogP contribution in [0.15, 0.2) is 127 Å². The third-order valence-electron chi connectivity index (χ3n) is 16.2. The van der Waals surface area contributed by atoms with Crippen molar-refractivity contribution < 1.29 is 0 Å². The zero-order valence-electron chi connectivity index (χ0n) is 44.1. The Labute approximate surface area is 436 Å². The first-order chi connectivity index (χ1) is 34.2. The second-order valence-electron chi connectivity index (χ2n) is 22.2. The maximum atomic E-state index is 2.73. The van der Waals surface area contributed by atoms with E-state index in [1.807, 2.05) is 11.3 Å². The number of hydrogen-bond donors (Lipinski definition) is 0. The van der Waals surface area contributed by atoms with Crippen LogP contribution < -0.4 is 2.89 Å². The summed E-state index contributed by atoms with van der Waals surface area (Å²) >= 11 is 1.53. The Morgan fingerprint density at radius 3 is 1.04 bits per heavy atom. The Hall–Kier alpha value is -3.70. The van der Waals surface area contributed by atoms with Gasteiger partial charge in [0.1, 0.15) is 0 Å². The Balaban J connectivity index is 1.26. The molecule has 7 aromatic rings. The van der Waals surface area contributed by atoms with Crippen molar-refractivity contribution in [1.29, 1.82) is 0 Å². The van der Waals surface area contributed by atoms with Crippen LogP contribution in [0.1, 0.15) is 197 Å². The summed E-state index contributed by atoms with van der Waals surface area (Å²) in [5.74, 6) is 0. The predicted molar refractivity (Wildman–Crippen MR) is 311 cm³/mol. The van der Waals surface area contributed by atoms with Gasteiger partial charge in [-0.25, -0.2) is 0 Å². The van der Waals surface area contributed by atoms with Gasteiger partial charge in [-0.15, -0.1) is 0 Å². The molecule has 5 aromatic carbocycles. The van der Waals surface area contributed by atoms with E-state index in [9.17, 15) is 0 Å². The molecule has 0 unspecified atom stereocenters. The molecule has 2 heterocycles. The topological polar surface area (TPSA) is 0 Å². The summed E-state index contributed by atoms with van der Waals surface area (Å²) in [6.07, 6.45) is 25.3. The van der Waals surface area contributed by atoms with Crippen molar-refractivity contribution in [3.8, 4) is 20.9 Å². The summed E-state index contributed by atoms with van der Waals surface area (Å²) in [5.41, 5.74) is 19.4. The molecule has 3 heteroatoms. The molecule has 0 saturated carbocycles. The van der Waals surface area contributed by atoms with E-state index in [4.69, 9.17) is 0 Å². The number of hydrogen-bond acceptors (Lipinski definition) is 2. The van der Waals surface area contributed by atoms with Crippen LogP contribution in [0.4, 0.5) is 0 Å². The molecule has 2 aromatic heterocycles. The number of thiophene rings is 2. The molecular formula is C67H82S2Sn. The quantitative estimate of drug-likeness (QED) is 0.0395. The summed E-state index contributed by atoms with van der Waals surface area (Å²) in [6, 6.07) is 50.6. The summed E-state index contributed by atoms with van der Waals surface area (Å²) in [6.45, 7) is 9.25. The average molecular weight is 1070 g/mol. The third kappa shape index (κ3) is 10.0. The van der Waals surface area contributed by atoms with Crippen molar-refractivity contribution in [2.45, 2.75) is 182 Å². The van der Waals surface area contributed by atoms with Gasteiger partial charge in [-0.3, -0.25) is 0 Å². The molecule has 2 aliphatic carbocycles. The van der Waals surface area contributed by atoms with Crippen LogP contribution in [0.5, 0.6) is 0 Å². The summed E-state index contributed by atoms with van der Waals surface area (Å²) < 4.78 is 1.67. The summed E-state index contributed by atoms with van der Waals surface area (Å²) in [7, 11) is 0. The van der Waals surface area contributed by atoms with Crippen LogP contribution in [0.3, 0.4) is 0 Å². The molecule has 366 valence electrons. The molecule has 0 spiro atoms. The average Bonchev–Trinajstić information content (AvgIpc) is 4.16. The van der Waals surface area contributed by atoms with Gasteiger partial charge in [0.05, 0.1) is 0 Å². The zero-order chi connectivity index (χ0) is 48.7. The van der Waals surface area contributed by atoms with Crippen LogP contribution in [0.2, 0.25) is 14.8 Å². The van der Waals surface area contributed by atoms with Gasteiger partial charge in [0.15, 0.2) is 0 Å². The van der Waals surface area contributed by atoms with E-state index in [2.05, 4.69) is 181 Å². The van der Waals surface area contributed by atoms with Crippen molar-refractivity contribution in [3.63, 3.8) is 0 Å². The van der Waals surface area contributed by atoms with Gasteiger partial charge in [-0.1, -0.05) is 79.1 Å². The number of aryl methyl sites for hydroxylation is 4. The second-order valence-corrected chi connectivity index (χ2v) is 39.6. The zero-order valence-corrected chi connectivity index (χ0v) is 48.6. The normalized spacial score (nSPS) is 14.2. The van der Waals surface area contributed by atoms with Crippen LogP contribution >= 0.6 is 22.7 Å². The molecule has 0 N–H and O–H groups in total. The third-order valence-corrected chi connectivity index (χ3v) is 27.8. The van der Waals surface area contributed by atoms with Crippen molar-refractivity contribution in [1.82, 2.24) is 0 Å². The van der Waals surface area contributed by atoms with E-state index in [-0.39, 0.29) is 0 Å². The maximum absolute atomic E-state index is 2.73. The monoisotopic (exact) mass is 1070 g/mol. The van der Waals surface area contributed by atoms with Gasteiger partial charge < -0.3 is 0 Å². The fraction of sp³-hybridized carbons (Fsp3) is 0.433. The fourth-order valence-corrected chi connectivity index (χ4v) is 19.7. The molecule has 0 amide bonds. The second kappa shape index (κ2) is 23.0. The minimum absolute atomic E-state index is 0.422.